The van der Waals surface area contributed by atoms with E-state index in [1.807, 2.05) is 19.9 Å². The molecule has 1 heterocycles. The van der Waals surface area contributed by atoms with Gasteiger partial charge < -0.3 is 33.9 Å². The van der Waals surface area contributed by atoms with E-state index in [9.17, 15) is 10.2 Å². The van der Waals surface area contributed by atoms with E-state index in [2.05, 4.69) is 223 Å². The minimum atomic E-state index is -1.04. The van der Waals surface area contributed by atoms with Crippen molar-refractivity contribution in [3.05, 3.63) is 196 Å². The van der Waals surface area contributed by atoms with E-state index >= 15 is 4.79 Å². The van der Waals surface area contributed by atoms with Crippen LogP contribution in [0.2, 0.25) is 0 Å². The molecule has 622 valence electrons. The number of aromatic hydroxyl groups is 1. The number of unbranched alkanes of at least 4 members (excludes halogenated alkanes) is 13. The van der Waals surface area contributed by atoms with Crippen LogP contribution in [0.5, 0.6) is 17.2 Å². The van der Waals surface area contributed by atoms with Crippen LogP contribution in [-0.4, -0.2) is 71.9 Å². The number of phenols is 1. The molecular weight excluding hydrogens is 1370 g/mol. The van der Waals surface area contributed by atoms with Crippen molar-refractivity contribution < 1.29 is 38.7 Å². The van der Waals surface area contributed by atoms with Crippen molar-refractivity contribution in [1.82, 2.24) is 0 Å². The Morgan fingerprint density at radius 1 is 0.586 bits per heavy atom. The van der Waals surface area contributed by atoms with Gasteiger partial charge >= 0.3 is 0 Å². The number of aryl methyl sites for hydroxylation is 1. The zero-order valence-corrected chi connectivity index (χ0v) is 74.7. The maximum absolute atomic E-state index is 15.2. The van der Waals surface area contributed by atoms with Gasteiger partial charge in [0.15, 0.2) is 17.3 Å². The molecular formula is C103H162O8. The van der Waals surface area contributed by atoms with Crippen molar-refractivity contribution in [3.8, 4) is 17.2 Å². The summed E-state index contributed by atoms with van der Waals surface area (Å²) < 4.78 is 33.8. The monoisotopic (exact) mass is 1530 g/mol. The SMILES string of the molecule is C=C(C)C(C)CCC(=C)C(C)CCC(C)(O)C1CCC(C(C)(CCC(C)C(=C)CCC(C)C(=C)C)OC(CCCCCCCCCCCc2cc(OC)cc(OC)c2O)C(CCCCCCCC)OC2CC(C)(C)C(/C=C/C(C)=C/C=C/C(C)=C/C=C/C=C(C)/C=C/C=C(C)/C=C/C3=C(C)CCCC3(C)C)=C(C)C2=O)O1. The number of ketones is 1. The topological polar surface area (TPSA) is 104 Å². The highest BCUT2D eigenvalue weighted by atomic mass is 16.6. The summed E-state index contributed by atoms with van der Waals surface area (Å²) in [5.41, 5.74) is 13.4. The Kier molecular flexibility index (Phi) is 43.9. The molecule has 4 rings (SSSR count). The smallest absolute Gasteiger partial charge is 0.187 e. The van der Waals surface area contributed by atoms with Gasteiger partial charge in [0.1, 0.15) is 11.9 Å². The molecule has 111 heavy (non-hydrogen) atoms. The average Bonchev–Trinajstić information content (AvgIpc) is 1.52. The van der Waals surface area contributed by atoms with Crippen LogP contribution in [0.15, 0.2) is 190 Å². The highest BCUT2D eigenvalue weighted by Gasteiger charge is 2.49. The molecule has 11 unspecified atom stereocenters. The summed E-state index contributed by atoms with van der Waals surface area (Å²) in [6.45, 7) is 59.8. The third-order valence-corrected chi connectivity index (χ3v) is 25.3. The van der Waals surface area contributed by atoms with Gasteiger partial charge in [-0.25, -0.2) is 0 Å². The van der Waals surface area contributed by atoms with E-state index in [0.29, 0.717) is 36.2 Å². The molecule has 11 atom stereocenters. The molecule has 1 fully saturated rings. The lowest BCUT2D eigenvalue weighted by molar-refractivity contribution is -0.214. The first kappa shape index (κ1) is 97.6. The molecule has 1 aromatic rings. The predicted molar refractivity (Wildman–Crippen MR) is 478 cm³/mol. The fraction of sp³-hybridized carbons (Fsp3) is 0.641. The number of allylic oxidation sites excluding steroid dienone is 25. The number of benzene rings is 1. The maximum Gasteiger partial charge on any atom is 0.187 e. The van der Waals surface area contributed by atoms with Crippen LogP contribution in [0.3, 0.4) is 0 Å². The molecule has 8 nitrogen and oxygen atoms in total. The van der Waals surface area contributed by atoms with Gasteiger partial charge in [-0.2, -0.15) is 0 Å². The molecule has 1 aliphatic heterocycles. The number of carbonyl (C=O) groups is 1. The predicted octanol–water partition coefficient (Wildman–Crippen LogP) is 29.1. The Hall–Kier alpha value is -5.77. The molecule has 0 amide bonds. The van der Waals surface area contributed by atoms with Gasteiger partial charge in [0.05, 0.1) is 49.8 Å². The number of hydrogen-bond donors (Lipinski definition) is 2. The molecule has 2 aliphatic carbocycles. The summed E-state index contributed by atoms with van der Waals surface area (Å²) in [4.78, 5) is 15.2. The van der Waals surface area contributed by atoms with Crippen LogP contribution < -0.4 is 9.47 Å². The van der Waals surface area contributed by atoms with Crippen LogP contribution in [0.4, 0.5) is 0 Å². The molecule has 2 N–H and O–H groups in total. The van der Waals surface area contributed by atoms with E-state index < -0.39 is 17.3 Å². The second kappa shape index (κ2) is 49.9. The van der Waals surface area contributed by atoms with Gasteiger partial charge in [0.25, 0.3) is 0 Å². The molecule has 1 saturated heterocycles. The molecule has 0 spiro atoms. The lowest BCUT2D eigenvalue weighted by atomic mass is 9.70. The molecule has 0 aromatic heterocycles. The molecule has 3 aliphatic rings. The first-order chi connectivity index (χ1) is 52.5. The Morgan fingerprint density at radius 3 is 1.58 bits per heavy atom. The Morgan fingerprint density at radius 2 is 1.06 bits per heavy atom. The van der Waals surface area contributed by atoms with Crippen molar-refractivity contribution in [3.63, 3.8) is 0 Å². The van der Waals surface area contributed by atoms with Crippen molar-refractivity contribution in [2.45, 2.75) is 379 Å². The summed E-state index contributed by atoms with van der Waals surface area (Å²) in [5, 5.41) is 23.4. The van der Waals surface area contributed by atoms with E-state index in [-0.39, 0.29) is 58.6 Å². The number of ether oxygens (including phenoxy) is 5. The van der Waals surface area contributed by atoms with E-state index in [1.165, 1.54) is 109 Å². The third-order valence-electron chi connectivity index (χ3n) is 25.3. The van der Waals surface area contributed by atoms with Gasteiger partial charge in [-0.15, -0.1) is 0 Å². The zero-order valence-electron chi connectivity index (χ0n) is 74.7. The van der Waals surface area contributed by atoms with Crippen molar-refractivity contribution in [2.24, 2.45) is 34.5 Å². The number of carbonyl (C=O) groups excluding carboxylic acids is 1. The van der Waals surface area contributed by atoms with Crippen LogP contribution in [0, 0.1) is 34.5 Å². The summed E-state index contributed by atoms with van der Waals surface area (Å²) in [6.07, 6.45) is 60.5. The maximum atomic E-state index is 15.2. The van der Waals surface area contributed by atoms with Crippen molar-refractivity contribution >= 4 is 5.78 Å². The summed E-state index contributed by atoms with van der Waals surface area (Å²) in [7, 11) is 3.22. The summed E-state index contributed by atoms with van der Waals surface area (Å²) >= 11 is 0. The number of methoxy groups -OCH3 is 2. The van der Waals surface area contributed by atoms with Gasteiger partial charge in [-0.1, -0.05) is 314 Å². The Balaban J connectivity index is 1.63. The van der Waals surface area contributed by atoms with Crippen LogP contribution in [-0.2, 0) is 25.4 Å². The molecule has 8 heteroatoms. The minimum Gasteiger partial charge on any atom is -0.504 e. The van der Waals surface area contributed by atoms with E-state index in [1.54, 1.807) is 20.3 Å². The van der Waals surface area contributed by atoms with Gasteiger partial charge in [0.2, 0.25) is 0 Å². The lowest BCUT2D eigenvalue weighted by Crippen LogP contribution is -2.51. The summed E-state index contributed by atoms with van der Waals surface area (Å²) in [6, 6.07) is 3.65. The first-order valence-corrected chi connectivity index (χ1v) is 43.8. The first-order valence-electron chi connectivity index (χ1n) is 43.8. The molecule has 0 saturated carbocycles. The lowest BCUT2D eigenvalue weighted by Gasteiger charge is -2.44. The highest BCUT2D eigenvalue weighted by Crippen LogP contribution is 2.46. The molecule has 1 aromatic carbocycles. The Bertz CT molecular complexity index is 3440. The fourth-order valence-electron chi connectivity index (χ4n) is 16.3. The number of aliphatic hydroxyl groups is 1. The van der Waals surface area contributed by atoms with Crippen LogP contribution in [0.1, 0.15) is 336 Å². The summed E-state index contributed by atoms with van der Waals surface area (Å²) in [5.74, 6) is 2.82. The van der Waals surface area contributed by atoms with Crippen LogP contribution >= 0.6 is 0 Å². The van der Waals surface area contributed by atoms with E-state index in [4.69, 9.17) is 30.3 Å². The quantitative estimate of drug-likeness (QED) is 0.0378. The Labute approximate surface area is 681 Å². The molecule has 0 radical (unpaired) electrons. The standard InChI is InChI=1S/C103H162O8/c1-26-27-28-29-36-39-54-92(109-95-73-101(20,21)91(87(17)98(95)104)63-57-79(9)51-44-49-77(7)47-42-41-46-76(6)48-43-50-78(8)56-62-90-86(16)52-45-68-100(90,18)19)93(55-40-37-34-32-30-31-33-35-38-53-88-71-89(107-24)72-94(108-25)99(88)105)111-103(23,70-67-85(15)83(13)61-59-81(11)75(4)5)97-65-64-96(110-97)102(22,106)69-66-84(14)82(12)60-58-80(10)74(2)3/h41-44,46-51,56-57,62-63,71-72,80-81,84-85,92-93,95-97,105-106H,2,4,12-13,26-40,45,52-55,58-61,64-70,73H2,1,3,5-11,14-25H3/b42-41+,48-43+,49-44+,62-56+,63-57+,76-46+,77-47+,78-50+,79-51+. The zero-order chi connectivity index (χ0) is 82.5. The molecule has 0 bridgehead atoms. The largest absolute Gasteiger partial charge is 0.504 e. The number of rotatable bonds is 54. The normalized spacial score (nSPS) is 21.1. The van der Waals surface area contributed by atoms with Crippen LogP contribution in [0.25, 0.3) is 0 Å². The second-order valence-corrected chi connectivity index (χ2v) is 36.4. The highest BCUT2D eigenvalue weighted by molar-refractivity contribution is 6.00. The van der Waals surface area contributed by atoms with E-state index in [0.717, 1.165) is 156 Å². The number of phenolic OH excluding ortho intramolecular Hbond substituents is 1. The van der Waals surface area contributed by atoms with Gasteiger partial charge in [-0.3, -0.25) is 4.79 Å². The minimum absolute atomic E-state index is 0.0669. The fourth-order valence-corrected chi connectivity index (χ4v) is 16.3. The van der Waals surface area contributed by atoms with Crippen molar-refractivity contribution in [2.75, 3.05) is 14.2 Å². The second-order valence-electron chi connectivity index (χ2n) is 36.4. The third kappa shape index (κ3) is 34.7. The van der Waals surface area contributed by atoms with Gasteiger partial charge in [-0.05, 0) is 242 Å². The van der Waals surface area contributed by atoms with Gasteiger partial charge in [0, 0.05) is 11.6 Å². The van der Waals surface area contributed by atoms with Crippen molar-refractivity contribution in [1.29, 1.82) is 0 Å². The number of hydrogen-bond acceptors (Lipinski definition) is 8. The average molecular weight is 1530 g/mol. The number of Topliss-reactive ketones (excluding diaryl/α,β-unsaturated/α-hetero) is 1.